The van der Waals surface area contributed by atoms with Gasteiger partial charge in [0.15, 0.2) is 0 Å². The van der Waals surface area contributed by atoms with Crippen LogP contribution in [0.5, 0.6) is 0 Å². The molecular formula is C17H19N3O5S. The summed E-state index contributed by atoms with van der Waals surface area (Å²) in [5.74, 6) is 0. The Labute approximate surface area is 151 Å². The van der Waals surface area contributed by atoms with Crippen LogP contribution in [0.25, 0.3) is 0 Å². The Kier molecular flexibility index (Phi) is 5.10. The number of nitrogens with zero attached hydrogens (tertiary/aromatic N) is 2. The molecule has 3 rings (SSSR count). The number of benzene rings is 2. The van der Waals surface area contributed by atoms with E-state index in [1.165, 1.54) is 18.2 Å². The SMILES string of the molecule is Cc1ccc(N2CCOCC2)cc1NS(=O)(=O)c1cccc([N+](=O)[O-])c1. The zero-order valence-corrected chi connectivity index (χ0v) is 15.0. The molecule has 0 amide bonds. The smallest absolute Gasteiger partial charge is 0.270 e. The second kappa shape index (κ2) is 7.30. The van der Waals surface area contributed by atoms with Crippen LogP contribution in [0, 0.1) is 17.0 Å². The Morgan fingerprint density at radius 2 is 1.88 bits per heavy atom. The van der Waals surface area contributed by atoms with Gasteiger partial charge in [0.25, 0.3) is 15.7 Å². The Hall–Kier alpha value is -2.65. The van der Waals surface area contributed by atoms with Gasteiger partial charge in [-0.25, -0.2) is 8.42 Å². The molecule has 138 valence electrons. The summed E-state index contributed by atoms with van der Waals surface area (Å²) in [5.41, 5.74) is 1.83. The lowest BCUT2D eigenvalue weighted by molar-refractivity contribution is -0.385. The molecular weight excluding hydrogens is 358 g/mol. The van der Waals surface area contributed by atoms with Gasteiger partial charge in [0.1, 0.15) is 0 Å². The van der Waals surface area contributed by atoms with Gasteiger partial charge in [0, 0.05) is 30.9 Å². The predicted molar refractivity (Wildman–Crippen MR) is 98.1 cm³/mol. The van der Waals surface area contributed by atoms with Crippen LogP contribution in [-0.4, -0.2) is 39.6 Å². The van der Waals surface area contributed by atoms with Crippen molar-refractivity contribution < 1.29 is 18.1 Å². The van der Waals surface area contributed by atoms with Gasteiger partial charge in [-0.3, -0.25) is 14.8 Å². The molecule has 26 heavy (non-hydrogen) atoms. The minimum atomic E-state index is -3.94. The molecule has 9 heteroatoms. The lowest BCUT2D eigenvalue weighted by Crippen LogP contribution is -2.36. The first-order chi connectivity index (χ1) is 12.4. The van der Waals surface area contributed by atoms with Gasteiger partial charge in [-0.15, -0.1) is 0 Å². The summed E-state index contributed by atoms with van der Waals surface area (Å²) in [6.45, 7) is 4.53. The number of nitro benzene ring substituents is 1. The molecule has 8 nitrogen and oxygen atoms in total. The van der Waals surface area contributed by atoms with E-state index in [9.17, 15) is 18.5 Å². The van der Waals surface area contributed by atoms with Crippen molar-refractivity contribution in [1.82, 2.24) is 0 Å². The third-order valence-corrected chi connectivity index (χ3v) is 5.54. The topological polar surface area (TPSA) is 102 Å². The van der Waals surface area contributed by atoms with Crippen molar-refractivity contribution in [3.05, 3.63) is 58.1 Å². The molecule has 0 saturated carbocycles. The number of non-ortho nitro benzene ring substituents is 1. The van der Waals surface area contributed by atoms with Crippen molar-refractivity contribution in [2.24, 2.45) is 0 Å². The van der Waals surface area contributed by atoms with Crippen LogP contribution in [0.4, 0.5) is 17.1 Å². The van der Waals surface area contributed by atoms with E-state index in [-0.39, 0.29) is 10.6 Å². The summed E-state index contributed by atoms with van der Waals surface area (Å²) in [6, 6.07) is 10.5. The van der Waals surface area contributed by atoms with E-state index in [0.29, 0.717) is 18.9 Å². The minimum Gasteiger partial charge on any atom is -0.378 e. The maximum Gasteiger partial charge on any atom is 0.270 e. The molecule has 1 heterocycles. The number of ether oxygens (including phenoxy) is 1. The largest absolute Gasteiger partial charge is 0.378 e. The highest BCUT2D eigenvalue weighted by molar-refractivity contribution is 7.92. The summed E-state index contributed by atoms with van der Waals surface area (Å²) >= 11 is 0. The third-order valence-electron chi connectivity index (χ3n) is 4.18. The minimum absolute atomic E-state index is 0.150. The van der Waals surface area contributed by atoms with E-state index in [1.807, 2.05) is 12.1 Å². The number of rotatable bonds is 5. The molecule has 0 spiro atoms. The van der Waals surface area contributed by atoms with Crippen LogP contribution >= 0.6 is 0 Å². The fourth-order valence-electron chi connectivity index (χ4n) is 2.71. The van der Waals surface area contributed by atoms with Crippen molar-refractivity contribution in [3.8, 4) is 0 Å². The monoisotopic (exact) mass is 377 g/mol. The Morgan fingerprint density at radius 3 is 2.58 bits per heavy atom. The number of sulfonamides is 1. The van der Waals surface area contributed by atoms with Gasteiger partial charge in [-0.2, -0.15) is 0 Å². The van der Waals surface area contributed by atoms with E-state index in [1.54, 1.807) is 13.0 Å². The molecule has 0 unspecified atom stereocenters. The van der Waals surface area contributed by atoms with Crippen molar-refractivity contribution in [2.75, 3.05) is 35.9 Å². The van der Waals surface area contributed by atoms with Crippen molar-refractivity contribution >= 4 is 27.1 Å². The molecule has 0 radical (unpaired) electrons. The number of morpholine rings is 1. The molecule has 2 aromatic carbocycles. The van der Waals surface area contributed by atoms with Gasteiger partial charge in [0.05, 0.1) is 28.7 Å². The van der Waals surface area contributed by atoms with Crippen LogP contribution < -0.4 is 9.62 Å². The molecule has 0 aromatic heterocycles. The maximum atomic E-state index is 12.6. The molecule has 1 saturated heterocycles. The molecule has 1 aliphatic rings. The highest BCUT2D eigenvalue weighted by Gasteiger charge is 2.19. The van der Waals surface area contributed by atoms with Gasteiger partial charge in [0.2, 0.25) is 0 Å². The number of hydrogen-bond acceptors (Lipinski definition) is 6. The second-order valence-electron chi connectivity index (χ2n) is 5.96. The summed E-state index contributed by atoms with van der Waals surface area (Å²) in [5, 5.41) is 10.9. The first-order valence-electron chi connectivity index (χ1n) is 8.07. The van der Waals surface area contributed by atoms with Gasteiger partial charge in [-0.05, 0) is 30.7 Å². The second-order valence-corrected chi connectivity index (χ2v) is 7.64. The van der Waals surface area contributed by atoms with Crippen molar-refractivity contribution in [1.29, 1.82) is 0 Å². The highest BCUT2D eigenvalue weighted by Crippen LogP contribution is 2.27. The van der Waals surface area contributed by atoms with E-state index in [4.69, 9.17) is 4.74 Å². The molecule has 0 aliphatic carbocycles. The zero-order chi connectivity index (χ0) is 18.7. The fraction of sp³-hybridized carbons (Fsp3) is 0.294. The number of nitro groups is 1. The number of aryl methyl sites for hydroxylation is 1. The predicted octanol–water partition coefficient (Wildman–Crippen LogP) is 2.54. The van der Waals surface area contributed by atoms with E-state index < -0.39 is 14.9 Å². The molecule has 1 N–H and O–H groups in total. The highest BCUT2D eigenvalue weighted by atomic mass is 32.2. The van der Waals surface area contributed by atoms with E-state index in [2.05, 4.69) is 9.62 Å². The molecule has 1 fully saturated rings. The molecule has 2 aromatic rings. The number of nitrogens with one attached hydrogen (secondary N) is 1. The van der Waals surface area contributed by atoms with E-state index >= 15 is 0 Å². The van der Waals surface area contributed by atoms with Crippen LogP contribution in [0.3, 0.4) is 0 Å². The lowest BCUT2D eigenvalue weighted by Gasteiger charge is -2.29. The zero-order valence-electron chi connectivity index (χ0n) is 14.2. The number of hydrogen-bond donors (Lipinski definition) is 1. The van der Waals surface area contributed by atoms with Crippen LogP contribution in [-0.2, 0) is 14.8 Å². The Morgan fingerprint density at radius 1 is 1.15 bits per heavy atom. The summed E-state index contributed by atoms with van der Waals surface area (Å²) in [4.78, 5) is 12.2. The fourth-order valence-corrected chi connectivity index (χ4v) is 3.87. The van der Waals surface area contributed by atoms with Crippen LogP contribution in [0.1, 0.15) is 5.56 Å². The van der Waals surface area contributed by atoms with E-state index in [0.717, 1.165) is 30.4 Å². The molecule has 0 bridgehead atoms. The Bertz CT molecular complexity index is 924. The van der Waals surface area contributed by atoms with Crippen molar-refractivity contribution in [3.63, 3.8) is 0 Å². The molecule has 1 aliphatic heterocycles. The lowest BCUT2D eigenvalue weighted by atomic mass is 10.1. The maximum absolute atomic E-state index is 12.6. The summed E-state index contributed by atoms with van der Waals surface area (Å²) in [6.07, 6.45) is 0. The normalized spacial score (nSPS) is 14.9. The standard InChI is InChI=1S/C17H19N3O5S/c1-13-5-6-14(19-7-9-25-10-8-19)12-17(13)18-26(23,24)16-4-2-3-15(11-16)20(21)22/h2-6,11-12,18H,7-10H2,1H3. The number of anilines is 2. The quantitative estimate of drug-likeness (QED) is 0.635. The summed E-state index contributed by atoms with van der Waals surface area (Å²) in [7, 11) is -3.94. The molecule has 0 atom stereocenters. The average molecular weight is 377 g/mol. The van der Waals surface area contributed by atoms with Gasteiger partial charge in [-0.1, -0.05) is 12.1 Å². The van der Waals surface area contributed by atoms with Gasteiger partial charge < -0.3 is 9.64 Å². The first-order valence-corrected chi connectivity index (χ1v) is 9.56. The van der Waals surface area contributed by atoms with Crippen LogP contribution in [0.2, 0.25) is 0 Å². The van der Waals surface area contributed by atoms with Crippen molar-refractivity contribution in [2.45, 2.75) is 11.8 Å². The Balaban J connectivity index is 1.89. The van der Waals surface area contributed by atoms with Crippen LogP contribution in [0.15, 0.2) is 47.4 Å². The average Bonchev–Trinajstić information content (AvgIpc) is 2.64. The van der Waals surface area contributed by atoms with Gasteiger partial charge >= 0.3 is 0 Å². The first kappa shape index (κ1) is 18.2. The third kappa shape index (κ3) is 3.94. The summed E-state index contributed by atoms with van der Waals surface area (Å²) < 4.78 is 33.2.